The lowest BCUT2D eigenvalue weighted by molar-refractivity contribution is 0.0947. The average molecular weight is 266 g/mol. The van der Waals surface area contributed by atoms with Crippen molar-refractivity contribution in [3.05, 3.63) is 23.8 Å². The van der Waals surface area contributed by atoms with Crippen LogP contribution < -0.4 is 20.5 Å². The van der Waals surface area contributed by atoms with Gasteiger partial charge >= 0.3 is 0 Å². The number of benzene rings is 1. The maximum absolute atomic E-state index is 12.0. The van der Waals surface area contributed by atoms with Gasteiger partial charge in [-0.15, -0.1) is 0 Å². The molecule has 19 heavy (non-hydrogen) atoms. The van der Waals surface area contributed by atoms with Crippen LogP contribution in [-0.2, 0) is 0 Å². The molecule has 106 valence electrons. The van der Waals surface area contributed by atoms with Crippen LogP contribution in [0.2, 0.25) is 0 Å². The van der Waals surface area contributed by atoms with Crippen molar-refractivity contribution in [3.63, 3.8) is 0 Å². The highest BCUT2D eigenvalue weighted by molar-refractivity contribution is 5.95. The molecule has 1 aromatic carbocycles. The summed E-state index contributed by atoms with van der Waals surface area (Å²) < 4.78 is 10.3. The first kappa shape index (κ1) is 15.3. The van der Waals surface area contributed by atoms with Crippen LogP contribution in [-0.4, -0.2) is 33.2 Å². The van der Waals surface area contributed by atoms with Crippen LogP contribution in [0.25, 0.3) is 0 Å². The molecule has 1 rings (SSSR count). The first-order valence-electron chi connectivity index (χ1n) is 6.32. The summed E-state index contributed by atoms with van der Waals surface area (Å²) in [6, 6.07) is 5.10. The zero-order valence-corrected chi connectivity index (χ0v) is 11.7. The summed E-state index contributed by atoms with van der Waals surface area (Å²) >= 11 is 0. The number of hydrogen-bond donors (Lipinski definition) is 2. The van der Waals surface area contributed by atoms with Crippen LogP contribution in [0.4, 0.5) is 0 Å². The second-order valence-corrected chi connectivity index (χ2v) is 4.49. The van der Waals surface area contributed by atoms with Gasteiger partial charge in [0.2, 0.25) is 0 Å². The van der Waals surface area contributed by atoms with Crippen LogP contribution in [0, 0.1) is 5.92 Å². The molecule has 0 heterocycles. The lowest BCUT2D eigenvalue weighted by atomic mass is 10.1. The zero-order chi connectivity index (χ0) is 14.3. The summed E-state index contributed by atoms with van der Waals surface area (Å²) in [5, 5.41) is 2.88. The Morgan fingerprint density at radius 1 is 1.26 bits per heavy atom. The fourth-order valence-electron chi connectivity index (χ4n) is 1.69. The maximum Gasteiger partial charge on any atom is 0.251 e. The van der Waals surface area contributed by atoms with E-state index in [4.69, 9.17) is 15.2 Å². The van der Waals surface area contributed by atoms with Crippen LogP contribution in [0.5, 0.6) is 11.5 Å². The number of hydrogen-bond acceptors (Lipinski definition) is 4. The third-order valence-corrected chi connectivity index (χ3v) is 2.88. The number of rotatable bonds is 7. The first-order chi connectivity index (χ1) is 9.10. The van der Waals surface area contributed by atoms with E-state index in [9.17, 15) is 4.79 Å². The molecule has 0 aliphatic rings. The van der Waals surface area contributed by atoms with E-state index < -0.39 is 0 Å². The molecule has 0 fully saturated rings. The van der Waals surface area contributed by atoms with Crippen molar-refractivity contribution in [3.8, 4) is 11.5 Å². The predicted octanol–water partition coefficient (Wildman–Crippen LogP) is 1.42. The van der Waals surface area contributed by atoms with Gasteiger partial charge in [0.25, 0.3) is 5.91 Å². The Morgan fingerprint density at radius 2 is 1.84 bits per heavy atom. The van der Waals surface area contributed by atoms with Crippen molar-refractivity contribution < 1.29 is 14.3 Å². The molecular weight excluding hydrogens is 244 g/mol. The molecule has 1 atom stereocenters. The van der Waals surface area contributed by atoms with E-state index in [-0.39, 0.29) is 5.91 Å². The third-order valence-electron chi connectivity index (χ3n) is 2.88. The smallest absolute Gasteiger partial charge is 0.251 e. The second-order valence-electron chi connectivity index (χ2n) is 4.49. The summed E-state index contributed by atoms with van der Waals surface area (Å²) in [7, 11) is 3.11. The quantitative estimate of drug-likeness (QED) is 0.782. The lowest BCUT2D eigenvalue weighted by Gasteiger charge is -2.12. The summed E-state index contributed by atoms with van der Waals surface area (Å²) in [4.78, 5) is 12.0. The van der Waals surface area contributed by atoms with Crippen molar-refractivity contribution >= 4 is 5.91 Å². The lowest BCUT2D eigenvalue weighted by Crippen LogP contribution is -2.29. The molecule has 5 nitrogen and oxygen atoms in total. The molecule has 1 aromatic rings. The number of methoxy groups -OCH3 is 2. The van der Waals surface area contributed by atoms with E-state index in [0.717, 1.165) is 6.42 Å². The van der Waals surface area contributed by atoms with E-state index in [0.29, 0.717) is 36.1 Å². The zero-order valence-electron chi connectivity index (χ0n) is 11.7. The first-order valence-corrected chi connectivity index (χ1v) is 6.32. The molecule has 3 N–H and O–H groups in total. The minimum atomic E-state index is -0.138. The van der Waals surface area contributed by atoms with Crippen molar-refractivity contribution in [1.82, 2.24) is 5.32 Å². The van der Waals surface area contributed by atoms with E-state index in [1.54, 1.807) is 32.4 Å². The highest BCUT2D eigenvalue weighted by Gasteiger charge is 2.10. The Labute approximate surface area is 114 Å². The highest BCUT2D eigenvalue weighted by Crippen LogP contribution is 2.22. The molecule has 1 unspecified atom stereocenters. The van der Waals surface area contributed by atoms with Crippen LogP contribution >= 0.6 is 0 Å². The molecule has 1 amide bonds. The van der Waals surface area contributed by atoms with E-state index in [1.165, 1.54) is 0 Å². The summed E-state index contributed by atoms with van der Waals surface area (Å²) in [6.07, 6.45) is 0.891. The van der Waals surface area contributed by atoms with Gasteiger partial charge in [0, 0.05) is 18.2 Å². The summed E-state index contributed by atoms with van der Waals surface area (Å²) in [6.45, 7) is 3.29. The number of nitrogens with two attached hydrogens (primary N) is 1. The van der Waals surface area contributed by atoms with Gasteiger partial charge in [0.05, 0.1) is 14.2 Å². The fourth-order valence-corrected chi connectivity index (χ4v) is 1.69. The molecule has 5 heteroatoms. The van der Waals surface area contributed by atoms with Gasteiger partial charge in [-0.3, -0.25) is 4.79 Å². The Balaban J connectivity index is 2.70. The van der Waals surface area contributed by atoms with Gasteiger partial charge in [-0.25, -0.2) is 0 Å². The Bertz CT molecular complexity index is 399. The maximum atomic E-state index is 12.0. The Morgan fingerprint density at radius 3 is 2.32 bits per heavy atom. The summed E-state index contributed by atoms with van der Waals surface area (Å²) in [5.41, 5.74) is 6.00. The van der Waals surface area contributed by atoms with Crippen molar-refractivity contribution in [2.75, 3.05) is 27.3 Å². The topological polar surface area (TPSA) is 73.6 Å². The van der Waals surface area contributed by atoms with E-state index in [2.05, 4.69) is 12.2 Å². The summed E-state index contributed by atoms with van der Waals surface area (Å²) in [5.74, 6) is 1.42. The molecule has 0 saturated heterocycles. The van der Waals surface area contributed by atoms with Crippen LogP contribution in [0.15, 0.2) is 18.2 Å². The van der Waals surface area contributed by atoms with Gasteiger partial charge in [-0.05, 0) is 31.0 Å². The van der Waals surface area contributed by atoms with Gasteiger partial charge in [0.1, 0.15) is 11.5 Å². The number of carbonyl (C=O) groups excluding carboxylic acids is 1. The van der Waals surface area contributed by atoms with Crippen LogP contribution in [0.3, 0.4) is 0 Å². The Kier molecular flexibility index (Phi) is 6.15. The van der Waals surface area contributed by atoms with Gasteiger partial charge < -0.3 is 20.5 Å². The van der Waals surface area contributed by atoms with E-state index >= 15 is 0 Å². The number of carbonyl (C=O) groups is 1. The monoisotopic (exact) mass is 266 g/mol. The molecule has 0 bridgehead atoms. The molecule has 0 aliphatic heterocycles. The predicted molar refractivity (Wildman–Crippen MR) is 74.7 cm³/mol. The molecule has 0 aromatic heterocycles. The molecular formula is C14H22N2O3. The van der Waals surface area contributed by atoms with Crippen molar-refractivity contribution in [2.24, 2.45) is 11.7 Å². The third kappa shape index (κ3) is 4.79. The Hall–Kier alpha value is -1.75. The number of amides is 1. The molecule has 0 spiro atoms. The average Bonchev–Trinajstić information content (AvgIpc) is 2.44. The molecule has 0 radical (unpaired) electrons. The minimum Gasteiger partial charge on any atom is -0.497 e. The van der Waals surface area contributed by atoms with E-state index in [1.807, 2.05) is 0 Å². The number of nitrogens with one attached hydrogen (secondary N) is 1. The fraction of sp³-hybridized carbons (Fsp3) is 0.500. The second kappa shape index (κ2) is 7.63. The van der Waals surface area contributed by atoms with Crippen molar-refractivity contribution in [2.45, 2.75) is 13.3 Å². The largest absolute Gasteiger partial charge is 0.497 e. The normalized spacial score (nSPS) is 11.8. The standard InChI is InChI=1S/C14H22N2O3/c1-10(4-5-15)9-16-14(17)11-6-12(18-2)8-13(7-11)19-3/h6-8,10H,4-5,9,15H2,1-3H3,(H,16,17). The minimum absolute atomic E-state index is 0.138. The molecule has 0 aliphatic carbocycles. The van der Waals surface area contributed by atoms with Gasteiger partial charge in [-0.1, -0.05) is 6.92 Å². The van der Waals surface area contributed by atoms with Gasteiger partial charge in [0.15, 0.2) is 0 Å². The highest BCUT2D eigenvalue weighted by atomic mass is 16.5. The molecule has 0 saturated carbocycles. The van der Waals surface area contributed by atoms with Crippen LogP contribution in [0.1, 0.15) is 23.7 Å². The van der Waals surface area contributed by atoms with Gasteiger partial charge in [-0.2, -0.15) is 0 Å². The number of ether oxygens (including phenoxy) is 2. The SMILES string of the molecule is COc1cc(OC)cc(C(=O)NCC(C)CCN)c1. The van der Waals surface area contributed by atoms with Crippen molar-refractivity contribution in [1.29, 1.82) is 0 Å².